The lowest BCUT2D eigenvalue weighted by Crippen LogP contribution is -2.35. The third-order valence-corrected chi connectivity index (χ3v) is 4.58. The molecule has 0 aromatic carbocycles. The summed E-state index contributed by atoms with van der Waals surface area (Å²) in [5.74, 6) is 1.50. The smallest absolute Gasteiger partial charge is 0.305 e. The zero-order valence-corrected chi connectivity index (χ0v) is 11.1. The Morgan fingerprint density at radius 1 is 1.00 bits per heavy atom. The maximum absolute atomic E-state index is 11.5. The maximum atomic E-state index is 11.5. The first kappa shape index (κ1) is 12.9. The second-order valence-corrected chi connectivity index (χ2v) is 5.73. The van der Waals surface area contributed by atoms with Crippen molar-refractivity contribution in [2.45, 2.75) is 77.2 Å². The fraction of sp³-hybridized carbons (Fsp3) is 0.933. The van der Waals surface area contributed by atoms with E-state index in [-0.39, 0.29) is 12.1 Å². The summed E-state index contributed by atoms with van der Waals surface area (Å²) < 4.78 is 5.67. The molecule has 0 unspecified atom stereocenters. The van der Waals surface area contributed by atoms with Gasteiger partial charge in [-0.05, 0) is 31.1 Å². The van der Waals surface area contributed by atoms with Crippen LogP contribution in [-0.4, -0.2) is 12.1 Å². The van der Waals surface area contributed by atoms with Gasteiger partial charge in [0, 0.05) is 6.42 Å². The van der Waals surface area contributed by atoms with Gasteiger partial charge >= 0.3 is 5.97 Å². The van der Waals surface area contributed by atoms with Crippen molar-refractivity contribution in [3.05, 3.63) is 0 Å². The minimum atomic E-state index is -0.00212. The maximum Gasteiger partial charge on any atom is 0.305 e. The summed E-state index contributed by atoms with van der Waals surface area (Å²) in [6.07, 6.45) is 12.6. The molecule has 2 aliphatic rings. The molecule has 17 heavy (non-hydrogen) atoms. The number of hydrogen-bond acceptors (Lipinski definition) is 2. The molecule has 2 saturated carbocycles. The zero-order valence-electron chi connectivity index (χ0n) is 11.1. The van der Waals surface area contributed by atoms with Gasteiger partial charge in [-0.25, -0.2) is 0 Å². The average Bonchev–Trinajstić information content (AvgIpc) is 2.40. The number of ether oxygens (including phenoxy) is 1. The molecule has 0 heterocycles. The topological polar surface area (TPSA) is 26.3 Å². The molecule has 0 spiro atoms. The molecule has 2 fully saturated rings. The minimum absolute atomic E-state index is 0.00212. The third-order valence-electron chi connectivity index (χ3n) is 4.58. The Balaban J connectivity index is 1.93. The summed E-state index contributed by atoms with van der Waals surface area (Å²) in [6, 6.07) is 0. The second kappa shape index (κ2) is 6.42. The summed E-state index contributed by atoms with van der Waals surface area (Å²) in [4.78, 5) is 11.5. The van der Waals surface area contributed by atoms with Crippen LogP contribution in [0, 0.1) is 11.8 Å². The van der Waals surface area contributed by atoms with Crippen molar-refractivity contribution in [3.8, 4) is 0 Å². The van der Waals surface area contributed by atoms with Crippen LogP contribution in [0.15, 0.2) is 0 Å². The van der Waals surface area contributed by atoms with E-state index in [2.05, 4.69) is 0 Å². The van der Waals surface area contributed by atoms with E-state index < -0.39 is 0 Å². The van der Waals surface area contributed by atoms with Crippen molar-refractivity contribution in [3.63, 3.8) is 0 Å². The number of carbonyl (C=O) groups excluding carboxylic acids is 1. The molecule has 2 nitrogen and oxygen atoms in total. The van der Waals surface area contributed by atoms with E-state index in [0.717, 1.165) is 12.3 Å². The molecule has 98 valence electrons. The van der Waals surface area contributed by atoms with Gasteiger partial charge in [0.2, 0.25) is 0 Å². The van der Waals surface area contributed by atoms with Crippen LogP contribution in [0.1, 0.15) is 71.1 Å². The lowest BCUT2D eigenvalue weighted by atomic mass is 9.72. The van der Waals surface area contributed by atoms with E-state index in [4.69, 9.17) is 4.74 Å². The van der Waals surface area contributed by atoms with Crippen LogP contribution in [0.25, 0.3) is 0 Å². The van der Waals surface area contributed by atoms with Crippen LogP contribution in [0.5, 0.6) is 0 Å². The Bertz CT molecular complexity index is 243. The fourth-order valence-electron chi connectivity index (χ4n) is 3.63. The summed E-state index contributed by atoms with van der Waals surface area (Å²) in [7, 11) is 0. The number of esters is 1. The van der Waals surface area contributed by atoms with Crippen LogP contribution in [0.2, 0.25) is 0 Å². The highest BCUT2D eigenvalue weighted by atomic mass is 16.5. The van der Waals surface area contributed by atoms with Crippen molar-refractivity contribution in [1.82, 2.24) is 0 Å². The zero-order chi connectivity index (χ0) is 12.1. The predicted octanol–water partition coefficient (Wildman–Crippen LogP) is 4.08. The molecule has 2 atom stereocenters. The Hall–Kier alpha value is -0.530. The van der Waals surface area contributed by atoms with Crippen molar-refractivity contribution < 1.29 is 9.53 Å². The van der Waals surface area contributed by atoms with E-state index in [1.165, 1.54) is 51.4 Å². The van der Waals surface area contributed by atoms with Gasteiger partial charge in [-0.2, -0.15) is 0 Å². The lowest BCUT2D eigenvalue weighted by molar-refractivity contribution is -0.155. The van der Waals surface area contributed by atoms with Crippen LogP contribution < -0.4 is 0 Å². The van der Waals surface area contributed by atoms with Crippen LogP contribution in [0.4, 0.5) is 0 Å². The molecule has 0 saturated heterocycles. The molecule has 2 aliphatic carbocycles. The highest BCUT2D eigenvalue weighted by Crippen LogP contribution is 2.39. The molecule has 0 aromatic rings. The molecule has 0 aromatic heterocycles. The standard InChI is InChI=1S/C15H26O2/c1-2-15(16)17-14-11-7-6-10-13(14)12-8-4-3-5-9-12/h12-14H,2-11H2,1H3/t13-,14+/m1/s1. The van der Waals surface area contributed by atoms with E-state index in [1.807, 2.05) is 6.92 Å². The highest BCUT2D eigenvalue weighted by Gasteiger charge is 2.34. The third kappa shape index (κ3) is 3.46. The van der Waals surface area contributed by atoms with Gasteiger partial charge in [-0.3, -0.25) is 4.79 Å². The number of carbonyl (C=O) groups is 1. The predicted molar refractivity (Wildman–Crippen MR) is 68.7 cm³/mol. The molecule has 0 bridgehead atoms. The average molecular weight is 238 g/mol. The summed E-state index contributed by atoms with van der Waals surface area (Å²) in [5, 5.41) is 0. The Labute approximate surface area is 105 Å². The molecular weight excluding hydrogens is 212 g/mol. The fourth-order valence-corrected chi connectivity index (χ4v) is 3.63. The molecule has 0 N–H and O–H groups in total. The molecule has 0 radical (unpaired) electrons. The molecule has 2 heteroatoms. The van der Waals surface area contributed by atoms with Crippen molar-refractivity contribution in [2.24, 2.45) is 11.8 Å². The van der Waals surface area contributed by atoms with Gasteiger partial charge in [0.25, 0.3) is 0 Å². The first-order valence-electron chi connectivity index (χ1n) is 7.50. The first-order chi connectivity index (χ1) is 8.31. The Morgan fingerprint density at radius 3 is 2.35 bits per heavy atom. The lowest BCUT2D eigenvalue weighted by Gasteiger charge is -2.38. The largest absolute Gasteiger partial charge is 0.462 e. The molecular formula is C15H26O2. The first-order valence-corrected chi connectivity index (χ1v) is 7.50. The summed E-state index contributed by atoms with van der Waals surface area (Å²) in [5.41, 5.74) is 0. The Morgan fingerprint density at radius 2 is 1.65 bits per heavy atom. The van der Waals surface area contributed by atoms with Crippen molar-refractivity contribution in [2.75, 3.05) is 0 Å². The highest BCUT2D eigenvalue weighted by molar-refractivity contribution is 5.69. The Kier molecular flexibility index (Phi) is 4.87. The van der Waals surface area contributed by atoms with E-state index in [1.54, 1.807) is 0 Å². The van der Waals surface area contributed by atoms with E-state index in [0.29, 0.717) is 12.3 Å². The minimum Gasteiger partial charge on any atom is -0.462 e. The van der Waals surface area contributed by atoms with E-state index in [9.17, 15) is 4.79 Å². The summed E-state index contributed by atoms with van der Waals surface area (Å²) >= 11 is 0. The monoisotopic (exact) mass is 238 g/mol. The van der Waals surface area contributed by atoms with E-state index >= 15 is 0 Å². The van der Waals surface area contributed by atoms with Gasteiger partial charge in [0.05, 0.1) is 0 Å². The molecule has 0 aliphatic heterocycles. The van der Waals surface area contributed by atoms with Gasteiger partial charge in [-0.15, -0.1) is 0 Å². The number of hydrogen-bond donors (Lipinski definition) is 0. The van der Waals surface area contributed by atoms with Gasteiger partial charge in [0.1, 0.15) is 6.10 Å². The van der Waals surface area contributed by atoms with Crippen molar-refractivity contribution in [1.29, 1.82) is 0 Å². The SMILES string of the molecule is CCC(=O)O[C@H]1CCCC[C@@H]1C1CCCCC1. The van der Waals surface area contributed by atoms with Gasteiger partial charge in [-0.1, -0.05) is 45.4 Å². The van der Waals surface area contributed by atoms with Gasteiger partial charge in [0.15, 0.2) is 0 Å². The van der Waals surface area contributed by atoms with Crippen molar-refractivity contribution >= 4 is 5.97 Å². The normalized spacial score (nSPS) is 31.1. The quantitative estimate of drug-likeness (QED) is 0.692. The second-order valence-electron chi connectivity index (χ2n) is 5.73. The summed E-state index contributed by atoms with van der Waals surface area (Å²) in [6.45, 7) is 1.89. The van der Waals surface area contributed by atoms with Gasteiger partial charge < -0.3 is 4.74 Å². The number of rotatable bonds is 3. The molecule has 2 rings (SSSR count). The molecule has 0 amide bonds. The van der Waals surface area contributed by atoms with Crippen LogP contribution >= 0.6 is 0 Å². The van der Waals surface area contributed by atoms with Crippen LogP contribution in [-0.2, 0) is 9.53 Å². The van der Waals surface area contributed by atoms with Crippen LogP contribution in [0.3, 0.4) is 0 Å².